The van der Waals surface area contributed by atoms with Crippen LogP contribution in [0.3, 0.4) is 0 Å². The van der Waals surface area contributed by atoms with E-state index in [2.05, 4.69) is 33.0 Å². The number of rotatable bonds is 11. The lowest BCUT2D eigenvalue weighted by Crippen LogP contribution is -2.45. The lowest BCUT2D eigenvalue weighted by Gasteiger charge is -2.42. The van der Waals surface area contributed by atoms with Crippen molar-refractivity contribution in [3.63, 3.8) is 0 Å². The minimum absolute atomic E-state index is 0.224. The maximum absolute atomic E-state index is 6.25. The molecule has 1 aliphatic carbocycles. The van der Waals surface area contributed by atoms with Crippen molar-refractivity contribution in [1.82, 2.24) is 5.32 Å². The second kappa shape index (κ2) is 9.04. The molecule has 0 aromatic carbocycles. The molecule has 0 aromatic heterocycles. The van der Waals surface area contributed by atoms with Crippen LogP contribution in [-0.2, 0) is 4.74 Å². The Labute approximate surface area is 127 Å². The van der Waals surface area contributed by atoms with Crippen LogP contribution in [0.25, 0.3) is 0 Å². The molecule has 1 rings (SSSR count). The van der Waals surface area contributed by atoms with Gasteiger partial charge in [0, 0.05) is 12.1 Å². The Balaban J connectivity index is 2.06. The van der Waals surface area contributed by atoms with Crippen molar-refractivity contribution in [3.8, 4) is 0 Å². The first kappa shape index (κ1) is 18.0. The number of ether oxygens (including phenoxy) is 1. The van der Waals surface area contributed by atoms with E-state index in [0.29, 0.717) is 0 Å². The number of unbranched alkanes of at least 4 members (excludes halogenated alkanes) is 5. The van der Waals surface area contributed by atoms with Crippen LogP contribution in [0.4, 0.5) is 0 Å². The van der Waals surface area contributed by atoms with Crippen LogP contribution < -0.4 is 5.32 Å². The van der Waals surface area contributed by atoms with E-state index in [4.69, 9.17) is 4.74 Å². The smallest absolute Gasteiger partial charge is 0.0694 e. The molecule has 0 radical (unpaired) electrons. The molecule has 0 saturated heterocycles. The Bertz CT molecular complexity index is 240. The van der Waals surface area contributed by atoms with Gasteiger partial charge in [-0.3, -0.25) is 0 Å². The molecule has 2 heteroatoms. The van der Waals surface area contributed by atoms with Crippen LogP contribution in [0.5, 0.6) is 0 Å². The molecule has 1 aliphatic rings. The van der Waals surface area contributed by atoms with Crippen LogP contribution in [0, 0.1) is 0 Å². The van der Waals surface area contributed by atoms with E-state index in [-0.39, 0.29) is 11.1 Å². The Morgan fingerprint density at radius 3 is 2.20 bits per heavy atom. The zero-order chi connectivity index (χ0) is 14.9. The van der Waals surface area contributed by atoms with E-state index >= 15 is 0 Å². The highest BCUT2D eigenvalue weighted by atomic mass is 16.5. The van der Waals surface area contributed by atoms with Gasteiger partial charge in [-0.05, 0) is 59.4 Å². The molecule has 0 amide bonds. The molecule has 1 N–H and O–H groups in total. The van der Waals surface area contributed by atoms with Crippen LogP contribution in [0.15, 0.2) is 0 Å². The van der Waals surface area contributed by atoms with Gasteiger partial charge in [-0.2, -0.15) is 0 Å². The number of hydrogen-bond donors (Lipinski definition) is 1. The van der Waals surface area contributed by atoms with Crippen LogP contribution in [-0.4, -0.2) is 24.3 Å². The zero-order valence-electron chi connectivity index (χ0n) is 14.4. The highest BCUT2D eigenvalue weighted by Gasteiger charge is 2.37. The van der Waals surface area contributed by atoms with E-state index in [1.165, 1.54) is 64.2 Å². The van der Waals surface area contributed by atoms with E-state index in [0.717, 1.165) is 13.2 Å². The molecule has 2 nitrogen and oxygen atoms in total. The summed E-state index contributed by atoms with van der Waals surface area (Å²) in [4.78, 5) is 0. The SMILES string of the molecule is CCCCCCCCOC1(CCNC(C)(C)C)CCC1. The first-order valence-corrected chi connectivity index (χ1v) is 8.86. The van der Waals surface area contributed by atoms with Gasteiger partial charge in [-0.25, -0.2) is 0 Å². The molecular formula is C18H37NO. The highest BCUT2D eigenvalue weighted by molar-refractivity contribution is 4.91. The van der Waals surface area contributed by atoms with E-state index in [1.54, 1.807) is 0 Å². The molecule has 0 bridgehead atoms. The van der Waals surface area contributed by atoms with Gasteiger partial charge in [0.05, 0.1) is 5.60 Å². The summed E-state index contributed by atoms with van der Waals surface area (Å²) in [7, 11) is 0. The van der Waals surface area contributed by atoms with Crippen molar-refractivity contribution in [2.45, 2.75) is 103 Å². The topological polar surface area (TPSA) is 21.3 Å². The van der Waals surface area contributed by atoms with Crippen LogP contribution in [0.2, 0.25) is 0 Å². The molecule has 0 aromatic rings. The first-order chi connectivity index (χ1) is 9.47. The maximum Gasteiger partial charge on any atom is 0.0694 e. The van der Waals surface area contributed by atoms with Gasteiger partial charge in [0.1, 0.15) is 0 Å². The van der Waals surface area contributed by atoms with Crippen molar-refractivity contribution in [2.24, 2.45) is 0 Å². The minimum Gasteiger partial charge on any atom is -0.375 e. The normalized spacial score (nSPS) is 18.0. The highest BCUT2D eigenvalue weighted by Crippen LogP contribution is 2.38. The molecule has 0 heterocycles. The fourth-order valence-corrected chi connectivity index (χ4v) is 2.87. The molecule has 0 aliphatic heterocycles. The van der Waals surface area contributed by atoms with Gasteiger partial charge < -0.3 is 10.1 Å². The number of hydrogen-bond acceptors (Lipinski definition) is 2. The summed E-state index contributed by atoms with van der Waals surface area (Å²) in [5.74, 6) is 0. The molecule has 0 atom stereocenters. The lowest BCUT2D eigenvalue weighted by atomic mass is 9.77. The summed E-state index contributed by atoms with van der Waals surface area (Å²) >= 11 is 0. The third-order valence-electron chi connectivity index (χ3n) is 4.41. The molecule has 120 valence electrons. The first-order valence-electron chi connectivity index (χ1n) is 8.86. The van der Waals surface area contributed by atoms with Gasteiger partial charge in [0.25, 0.3) is 0 Å². The van der Waals surface area contributed by atoms with Crippen LogP contribution in [0.1, 0.15) is 91.9 Å². The summed E-state index contributed by atoms with van der Waals surface area (Å²) in [5, 5.41) is 3.59. The molecule has 1 fully saturated rings. The third kappa shape index (κ3) is 7.64. The van der Waals surface area contributed by atoms with Gasteiger partial charge in [-0.1, -0.05) is 39.0 Å². The van der Waals surface area contributed by atoms with Crippen LogP contribution >= 0.6 is 0 Å². The van der Waals surface area contributed by atoms with Gasteiger partial charge in [0.15, 0.2) is 0 Å². The molecule has 1 saturated carbocycles. The van der Waals surface area contributed by atoms with Gasteiger partial charge in [-0.15, -0.1) is 0 Å². The summed E-state index contributed by atoms with van der Waals surface area (Å²) in [5.41, 5.74) is 0.450. The second-order valence-electron chi connectivity index (χ2n) is 7.58. The lowest BCUT2D eigenvalue weighted by molar-refractivity contribution is -0.106. The Morgan fingerprint density at radius 1 is 1.00 bits per heavy atom. The van der Waals surface area contributed by atoms with E-state index in [1.807, 2.05) is 0 Å². The molecule has 20 heavy (non-hydrogen) atoms. The Morgan fingerprint density at radius 2 is 1.65 bits per heavy atom. The third-order valence-corrected chi connectivity index (χ3v) is 4.41. The quantitative estimate of drug-likeness (QED) is 0.535. The Hall–Kier alpha value is -0.0800. The number of nitrogens with one attached hydrogen (secondary N) is 1. The van der Waals surface area contributed by atoms with Crippen molar-refractivity contribution in [1.29, 1.82) is 0 Å². The predicted molar refractivity (Wildman–Crippen MR) is 88.3 cm³/mol. The largest absolute Gasteiger partial charge is 0.375 e. The molecule has 0 spiro atoms. The van der Waals surface area contributed by atoms with Crippen molar-refractivity contribution in [2.75, 3.05) is 13.2 Å². The molecular weight excluding hydrogens is 246 g/mol. The van der Waals surface area contributed by atoms with Crippen molar-refractivity contribution in [3.05, 3.63) is 0 Å². The van der Waals surface area contributed by atoms with Crippen molar-refractivity contribution >= 4 is 0 Å². The standard InChI is InChI=1S/C18H37NO/c1-5-6-7-8-9-10-16-20-18(12-11-13-18)14-15-19-17(2,3)4/h19H,5-16H2,1-4H3. The van der Waals surface area contributed by atoms with E-state index in [9.17, 15) is 0 Å². The average Bonchev–Trinajstić information content (AvgIpc) is 2.32. The van der Waals surface area contributed by atoms with Crippen molar-refractivity contribution < 1.29 is 4.74 Å². The zero-order valence-corrected chi connectivity index (χ0v) is 14.4. The summed E-state index contributed by atoms with van der Waals surface area (Å²) in [6.45, 7) is 11.0. The molecule has 0 unspecified atom stereocenters. The second-order valence-corrected chi connectivity index (χ2v) is 7.58. The summed E-state index contributed by atoms with van der Waals surface area (Å²) < 4.78 is 6.25. The minimum atomic E-state index is 0.224. The Kier molecular flexibility index (Phi) is 8.13. The average molecular weight is 284 g/mol. The van der Waals surface area contributed by atoms with Gasteiger partial charge in [0.2, 0.25) is 0 Å². The van der Waals surface area contributed by atoms with E-state index < -0.39 is 0 Å². The fourth-order valence-electron chi connectivity index (χ4n) is 2.87. The fraction of sp³-hybridized carbons (Fsp3) is 1.00. The predicted octanol–water partition coefficient (Wildman–Crippen LogP) is 5.06. The summed E-state index contributed by atoms with van der Waals surface area (Å²) in [6.07, 6.45) is 13.2. The van der Waals surface area contributed by atoms with Gasteiger partial charge >= 0.3 is 0 Å². The monoisotopic (exact) mass is 283 g/mol. The maximum atomic E-state index is 6.25. The summed E-state index contributed by atoms with van der Waals surface area (Å²) in [6, 6.07) is 0.